The van der Waals surface area contributed by atoms with Crippen LogP contribution in [0.5, 0.6) is 0 Å². The Morgan fingerprint density at radius 1 is 1.69 bits per heavy atom. The van der Waals surface area contributed by atoms with E-state index in [4.69, 9.17) is 16.9 Å². The van der Waals surface area contributed by atoms with Gasteiger partial charge in [-0.2, -0.15) is 5.26 Å². The van der Waals surface area contributed by atoms with E-state index < -0.39 is 28.3 Å². The first kappa shape index (κ1) is 12.3. The van der Waals surface area contributed by atoms with Gasteiger partial charge in [0.15, 0.2) is 5.56 Å². The summed E-state index contributed by atoms with van der Waals surface area (Å²) in [5.74, 6) is -1.18. The third-order valence-corrected chi connectivity index (χ3v) is 2.12. The number of nitriles is 1. The fourth-order valence-electron chi connectivity index (χ4n) is 1.16. The van der Waals surface area contributed by atoms with Crippen LogP contribution >= 0.6 is 11.6 Å². The molecular weight excluding hydrogens is 244 g/mol. The Bertz CT molecular complexity index is 473. The fraction of sp³-hybridized carbons (Fsp3) is 0.250. The Hall–Kier alpha value is -1.81. The SMILES string of the molecule is N#Cc1c([N+](=O)[O-])ncc(CCl)c1C(F)F. The molecule has 0 N–H and O–H groups in total. The highest BCUT2D eigenvalue weighted by Crippen LogP contribution is 2.31. The molecule has 0 radical (unpaired) electrons. The van der Waals surface area contributed by atoms with Crippen LogP contribution in [0.4, 0.5) is 14.6 Å². The Morgan fingerprint density at radius 2 is 2.31 bits per heavy atom. The summed E-state index contributed by atoms with van der Waals surface area (Å²) in [7, 11) is 0. The Labute approximate surface area is 93.4 Å². The number of nitro groups is 1. The molecule has 8 heteroatoms. The smallest absolute Gasteiger partial charge is 0.358 e. The summed E-state index contributed by atoms with van der Waals surface area (Å²) >= 11 is 5.38. The lowest BCUT2D eigenvalue weighted by Gasteiger charge is -2.06. The molecule has 0 bridgehead atoms. The molecule has 0 saturated carbocycles. The minimum absolute atomic E-state index is 0.0844. The number of rotatable bonds is 3. The van der Waals surface area contributed by atoms with Gasteiger partial charge in [-0.15, -0.1) is 11.6 Å². The van der Waals surface area contributed by atoms with Crippen LogP contribution in [0.15, 0.2) is 6.20 Å². The molecule has 1 rings (SSSR count). The monoisotopic (exact) mass is 247 g/mol. The second-order valence-corrected chi connectivity index (χ2v) is 2.97. The number of hydrogen-bond donors (Lipinski definition) is 0. The zero-order valence-electron chi connectivity index (χ0n) is 7.65. The zero-order valence-corrected chi connectivity index (χ0v) is 8.41. The number of hydrogen-bond acceptors (Lipinski definition) is 4. The van der Waals surface area contributed by atoms with Crippen molar-refractivity contribution >= 4 is 17.4 Å². The molecule has 5 nitrogen and oxygen atoms in total. The van der Waals surface area contributed by atoms with Crippen LogP contribution in [-0.2, 0) is 5.88 Å². The van der Waals surface area contributed by atoms with Gasteiger partial charge in [-0.3, -0.25) is 0 Å². The van der Waals surface area contributed by atoms with E-state index in [9.17, 15) is 18.9 Å². The van der Waals surface area contributed by atoms with E-state index in [-0.39, 0.29) is 11.4 Å². The normalized spacial score (nSPS) is 10.2. The molecule has 0 atom stereocenters. The molecule has 0 saturated heterocycles. The summed E-state index contributed by atoms with van der Waals surface area (Å²) in [4.78, 5) is 12.8. The fourth-order valence-corrected chi connectivity index (χ4v) is 1.37. The maximum atomic E-state index is 12.6. The average molecular weight is 248 g/mol. The molecule has 0 fully saturated rings. The number of aromatic nitrogens is 1. The first-order chi connectivity index (χ1) is 7.52. The number of alkyl halides is 3. The van der Waals surface area contributed by atoms with Crippen molar-refractivity contribution in [3.63, 3.8) is 0 Å². The topological polar surface area (TPSA) is 79.8 Å². The van der Waals surface area contributed by atoms with Gasteiger partial charge in [0.1, 0.15) is 12.3 Å². The number of pyridine rings is 1. The lowest BCUT2D eigenvalue weighted by molar-refractivity contribution is -0.389. The van der Waals surface area contributed by atoms with Crippen molar-refractivity contribution in [2.24, 2.45) is 0 Å². The van der Waals surface area contributed by atoms with Gasteiger partial charge in [-0.1, -0.05) is 0 Å². The van der Waals surface area contributed by atoms with Gasteiger partial charge in [0.25, 0.3) is 6.43 Å². The number of nitrogens with zero attached hydrogens (tertiary/aromatic N) is 3. The van der Waals surface area contributed by atoms with Gasteiger partial charge in [-0.05, 0) is 9.91 Å². The van der Waals surface area contributed by atoms with Crippen molar-refractivity contribution in [1.29, 1.82) is 5.26 Å². The molecular formula is C8H4ClF2N3O2. The molecule has 0 aliphatic heterocycles. The summed E-state index contributed by atoms with van der Waals surface area (Å²) in [5, 5.41) is 19.1. The first-order valence-corrected chi connectivity index (χ1v) is 4.46. The Kier molecular flexibility index (Phi) is 3.68. The van der Waals surface area contributed by atoms with E-state index >= 15 is 0 Å². The van der Waals surface area contributed by atoms with Crippen molar-refractivity contribution in [2.45, 2.75) is 12.3 Å². The number of halogens is 3. The van der Waals surface area contributed by atoms with Crippen molar-refractivity contribution in [3.05, 3.63) is 33.0 Å². The van der Waals surface area contributed by atoms with Crippen molar-refractivity contribution in [2.75, 3.05) is 0 Å². The quantitative estimate of drug-likeness (QED) is 0.467. The third-order valence-electron chi connectivity index (χ3n) is 1.83. The van der Waals surface area contributed by atoms with Crippen LogP contribution in [0.3, 0.4) is 0 Å². The second-order valence-electron chi connectivity index (χ2n) is 2.70. The minimum Gasteiger partial charge on any atom is -0.358 e. The molecule has 0 unspecified atom stereocenters. The predicted octanol–water partition coefficient (Wildman–Crippen LogP) is 2.54. The lowest BCUT2D eigenvalue weighted by atomic mass is 10.1. The maximum Gasteiger partial charge on any atom is 0.381 e. The van der Waals surface area contributed by atoms with E-state index in [2.05, 4.69) is 4.98 Å². The molecule has 16 heavy (non-hydrogen) atoms. The highest BCUT2D eigenvalue weighted by molar-refractivity contribution is 6.17. The maximum absolute atomic E-state index is 12.6. The van der Waals surface area contributed by atoms with E-state index in [1.54, 1.807) is 0 Å². The van der Waals surface area contributed by atoms with E-state index in [0.717, 1.165) is 6.20 Å². The summed E-state index contributed by atoms with van der Waals surface area (Å²) in [6, 6.07) is 1.36. The third kappa shape index (κ3) is 2.06. The van der Waals surface area contributed by atoms with Crippen LogP contribution < -0.4 is 0 Å². The van der Waals surface area contributed by atoms with Gasteiger partial charge in [0.05, 0.1) is 11.4 Å². The molecule has 0 aromatic carbocycles. The van der Waals surface area contributed by atoms with Crippen LogP contribution in [0.1, 0.15) is 23.1 Å². The summed E-state index contributed by atoms with van der Waals surface area (Å²) in [6.07, 6.45) is -2.13. The molecule has 1 heterocycles. The van der Waals surface area contributed by atoms with Gasteiger partial charge in [-0.25, -0.2) is 8.78 Å². The van der Waals surface area contributed by atoms with E-state index in [1.807, 2.05) is 0 Å². The lowest BCUT2D eigenvalue weighted by Crippen LogP contribution is -2.04. The van der Waals surface area contributed by atoms with Gasteiger partial charge >= 0.3 is 5.82 Å². The van der Waals surface area contributed by atoms with E-state index in [1.165, 1.54) is 6.07 Å². The van der Waals surface area contributed by atoms with Crippen LogP contribution in [0, 0.1) is 21.4 Å². The molecule has 0 spiro atoms. The van der Waals surface area contributed by atoms with Crippen LogP contribution in [0.25, 0.3) is 0 Å². The Morgan fingerprint density at radius 3 is 2.69 bits per heavy atom. The molecule has 1 aromatic heterocycles. The molecule has 0 aliphatic rings. The minimum atomic E-state index is -3.01. The zero-order chi connectivity index (χ0) is 12.3. The second kappa shape index (κ2) is 4.81. The first-order valence-electron chi connectivity index (χ1n) is 3.93. The van der Waals surface area contributed by atoms with Crippen LogP contribution in [-0.4, -0.2) is 9.91 Å². The van der Waals surface area contributed by atoms with E-state index in [0.29, 0.717) is 0 Å². The highest BCUT2D eigenvalue weighted by atomic mass is 35.5. The Balaban J connectivity index is 3.58. The van der Waals surface area contributed by atoms with Gasteiger partial charge < -0.3 is 10.1 Å². The molecule has 0 amide bonds. The average Bonchev–Trinajstić information content (AvgIpc) is 2.26. The molecule has 84 valence electrons. The summed E-state index contributed by atoms with van der Waals surface area (Å²) in [5.41, 5.74) is -1.55. The van der Waals surface area contributed by atoms with Crippen LogP contribution in [0.2, 0.25) is 0 Å². The molecule has 1 aromatic rings. The van der Waals surface area contributed by atoms with Crippen molar-refractivity contribution < 1.29 is 13.7 Å². The standard InChI is InChI=1S/C8H4ClF2N3O2/c9-1-4-3-13-8(14(15)16)5(2-12)6(4)7(10)11/h3,7H,1H2. The largest absolute Gasteiger partial charge is 0.381 e. The summed E-state index contributed by atoms with van der Waals surface area (Å²) < 4.78 is 25.3. The predicted molar refractivity (Wildman–Crippen MR) is 50.1 cm³/mol. The molecule has 0 aliphatic carbocycles. The van der Waals surface area contributed by atoms with Gasteiger partial charge in [0, 0.05) is 5.56 Å². The van der Waals surface area contributed by atoms with Crippen molar-refractivity contribution in [3.8, 4) is 6.07 Å². The van der Waals surface area contributed by atoms with Gasteiger partial charge in [0.2, 0.25) is 0 Å². The van der Waals surface area contributed by atoms with Crippen molar-refractivity contribution in [1.82, 2.24) is 4.98 Å². The highest BCUT2D eigenvalue weighted by Gasteiger charge is 2.27. The summed E-state index contributed by atoms with van der Waals surface area (Å²) in [6.45, 7) is 0.